The summed E-state index contributed by atoms with van der Waals surface area (Å²) < 4.78 is 5.75. The van der Waals surface area contributed by atoms with E-state index in [4.69, 9.17) is 16.0 Å². The Morgan fingerprint density at radius 3 is 2.24 bits per heavy atom. The Bertz CT molecular complexity index is 1290. The normalized spacial score (nSPS) is 11.1. The number of hydrogen-bond donors (Lipinski definition) is 4. The second-order valence-corrected chi connectivity index (χ2v) is 7.05. The van der Waals surface area contributed by atoms with E-state index in [2.05, 4.69) is 0 Å². The maximum Gasteiger partial charge on any atom is 0.197 e. The van der Waals surface area contributed by atoms with Gasteiger partial charge in [-0.25, -0.2) is 0 Å². The highest BCUT2D eigenvalue weighted by Crippen LogP contribution is 2.37. The van der Waals surface area contributed by atoms with Crippen molar-refractivity contribution in [2.45, 2.75) is 6.42 Å². The third-order valence-electron chi connectivity index (χ3n) is 4.57. The molecule has 0 spiro atoms. The third kappa shape index (κ3) is 3.58. The van der Waals surface area contributed by atoms with Crippen LogP contribution in [0.4, 0.5) is 0 Å². The molecule has 0 unspecified atom stereocenters. The predicted octanol–water partition coefficient (Wildman–Crippen LogP) is 4.53. The van der Waals surface area contributed by atoms with Crippen LogP contribution < -0.4 is 5.43 Å². The molecule has 0 atom stereocenters. The molecule has 4 aromatic rings. The highest BCUT2D eigenvalue weighted by atomic mass is 35.5. The first kappa shape index (κ1) is 18.7. The van der Waals surface area contributed by atoms with Gasteiger partial charge in [0.25, 0.3) is 0 Å². The molecule has 7 heteroatoms. The number of phenols is 4. The molecule has 0 bridgehead atoms. The van der Waals surface area contributed by atoms with Crippen LogP contribution >= 0.6 is 11.6 Å². The van der Waals surface area contributed by atoms with Gasteiger partial charge in [-0.15, -0.1) is 0 Å². The lowest BCUT2D eigenvalue weighted by molar-refractivity contribution is 0.403. The summed E-state index contributed by atoms with van der Waals surface area (Å²) in [5, 5.41) is 40.1. The molecule has 0 aliphatic carbocycles. The summed E-state index contributed by atoms with van der Waals surface area (Å²) in [5.41, 5.74) is 1.35. The van der Waals surface area contributed by atoms with E-state index in [1.54, 1.807) is 12.1 Å². The first-order valence-corrected chi connectivity index (χ1v) is 8.99. The number of aromatic hydroxyl groups is 4. The van der Waals surface area contributed by atoms with Gasteiger partial charge in [0.2, 0.25) is 0 Å². The fourth-order valence-corrected chi connectivity index (χ4v) is 3.33. The summed E-state index contributed by atoms with van der Waals surface area (Å²) in [5.74, 6) is -1.22. The van der Waals surface area contributed by atoms with Crippen molar-refractivity contribution in [2.24, 2.45) is 0 Å². The number of halogens is 1. The number of phenolic OH excluding ortho intramolecular Hbond substituents is 4. The van der Waals surface area contributed by atoms with Crippen LogP contribution in [-0.2, 0) is 6.42 Å². The van der Waals surface area contributed by atoms with E-state index in [9.17, 15) is 25.2 Å². The maximum absolute atomic E-state index is 12.5. The maximum atomic E-state index is 12.5. The summed E-state index contributed by atoms with van der Waals surface area (Å²) in [7, 11) is 0. The van der Waals surface area contributed by atoms with Crippen LogP contribution in [0.15, 0.2) is 63.8 Å². The van der Waals surface area contributed by atoms with E-state index >= 15 is 0 Å². The van der Waals surface area contributed by atoms with Gasteiger partial charge < -0.3 is 24.8 Å². The lowest BCUT2D eigenvalue weighted by Crippen LogP contribution is -2.02. The van der Waals surface area contributed by atoms with Crippen LogP contribution in [0.5, 0.6) is 23.0 Å². The Morgan fingerprint density at radius 1 is 0.828 bits per heavy atom. The van der Waals surface area contributed by atoms with Gasteiger partial charge in [0.1, 0.15) is 28.2 Å². The fourth-order valence-electron chi connectivity index (χ4n) is 3.20. The van der Waals surface area contributed by atoms with Crippen molar-refractivity contribution in [3.8, 4) is 34.3 Å². The van der Waals surface area contributed by atoms with Gasteiger partial charge in [0.15, 0.2) is 16.9 Å². The molecule has 0 aliphatic heterocycles. The second kappa shape index (κ2) is 7.07. The lowest BCUT2D eigenvalue weighted by Gasteiger charge is -2.12. The minimum atomic E-state index is -0.510. The quantitative estimate of drug-likeness (QED) is 0.369. The molecule has 6 nitrogen and oxygen atoms in total. The zero-order chi connectivity index (χ0) is 20.7. The molecule has 1 heterocycles. The van der Waals surface area contributed by atoms with Gasteiger partial charge in [-0.1, -0.05) is 23.7 Å². The van der Waals surface area contributed by atoms with E-state index in [0.29, 0.717) is 22.6 Å². The smallest absolute Gasteiger partial charge is 0.197 e. The first-order chi connectivity index (χ1) is 13.8. The Labute approximate surface area is 169 Å². The number of fused-ring (bicyclic) bond motifs is 1. The highest BCUT2D eigenvalue weighted by Gasteiger charge is 2.17. The van der Waals surface area contributed by atoms with E-state index in [1.807, 2.05) is 12.1 Å². The highest BCUT2D eigenvalue weighted by molar-refractivity contribution is 6.30. The number of benzene rings is 3. The van der Waals surface area contributed by atoms with Crippen LogP contribution in [0.25, 0.3) is 22.3 Å². The van der Waals surface area contributed by atoms with E-state index in [-0.39, 0.29) is 34.0 Å². The summed E-state index contributed by atoms with van der Waals surface area (Å²) in [4.78, 5) is 12.5. The van der Waals surface area contributed by atoms with Crippen molar-refractivity contribution < 1.29 is 24.8 Å². The largest absolute Gasteiger partial charge is 0.508 e. The van der Waals surface area contributed by atoms with Crippen molar-refractivity contribution in [1.29, 1.82) is 0 Å². The predicted molar refractivity (Wildman–Crippen MR) is 109 cm³/mol. The monoisotopic (exact) mass is 410 g/mol. The Hall–Kier alpha value is -3.64. The Morgan fingerprint density at radius 2 is 1.52 bits per heavy atom. The summed E-state index contributed by atoms with van der Waals surface area (Å²) in [6.45, 7) is 0. The van der Waals surface area contributed by atoms with Gasteiger partial charge >= 0.3 is 0 Å². The van der Waals surface area contributed by atoms with Gasteiger partial charge in [0, 0.05) is 28.8 Å². The molecule has 4 N–H and O–H groups in total. The van der Waals surface area contributed by atoms with Crippen LogP contribution in [0.1, 0.15) is 11.1 Å². The van der Waals surface area contributed by atoms with Crippen LogP contribution in [0, 0.1) is 0 Å². The van der Waals surface area contributed by atoms with Crippen molar-refractivity contribution >= 4 is 22.6 Å². The van der Waals surface area contributed by atoms with Gasteiger partial charge in [-0.2, -0.15) is 0 Å². The van der Waals surface area contributed by atoms with Crippen molar-refractivity contribution in [1.82, 2.24) is 0 Å². The van der Waals surface area contributed by atoms with Crippen molar-refractivity contribution in [3.63, 3.8) is 0 Å². The van der Waals surface area contributed by atoms with Crippen molar-refractivity contribution in [2.75, 3.05) is 0 Å². The van der Waals surface area contributed by atoms with E-state index < -0.39 is 11.2 Å². The van der Waals surface area contributed by atoms with Crippen LogP contribution in [0.2, 0.25) is 5.02 Å². The van der Waals surface area contributed by atoms with Crippen LogP contribution in [-0.4, -0.2) is 20.4 Å². The first-order valence-electron chi connectivity index (χ1n) is 8.61. The van der Waals surface area contributed by atoms with Gasteiger partial charge in [-0.05, 0) is 41.8 Å². The molecule has 0 saturated carbocycles. The molecule has 1 aromatic heterocycles. The van der Waals surface area contributed by atoms with E-state index in [1.165, 1.54) is 24.3 Å². The summed E-state index contributed by atoms with van der Waals surface area (Å²) >= 11 is 5.92. The Balaban J connectivity index is 1.91. The lowest BCUT2D eigenvalue weighted by atomic mass is 9.97. The third-order valence-corrected chi connectivity index (χ3v) is 4.82. The zero-order valence-electron chi connectivity index (χ0n) is 14.9. The minimum Gasteiger partial charge on any atom is -0.508 e. The summed E-state index contributed by atoms with van der Waals surface area (Å²) in [6, 6.07) is 13.3. The summed E-state index contributed by atoms with van der Waals surface area (Å²) in [6.07, 6.45) is 0.368. The molecule has 0 amide bonds. The molecular formula is C22H15ClO6. The van der Waals surface area contributed by atoms with E-state index in [0.717, 1.165) is 11.6 Å². The average molecular weight is 411 g/mol. The second-order valence-electron chi connectivity index (χ2n) is 6.61. The van der Waals surface area contributed by atoms with Gasteiger partial charge in [-0.3, -0.25) is 4.79 Å². The molecule has 0 aliphatic rings. The van der Waals surface area contributed by atoms with Crippen LogP contribution in [0.3, 0.4) is 0 Å². The van der Waals surface area contributed by atoms with Gasteiger partial charge in [0.05, 0.1) is 0 Å². The average Bonchev–Trinajstić information content (AvgIpc) is 2.65. The minimum absolute atomic E-state index is 0.00462. The topological polar surface area (TPSA) is 111 Å². The SMILES string of the molecule is O=c1cc(-c2cc(O)c(O)cc2Cc2ccc(Cl)cc2)oc2cc(O)cc(O)c12. The molecule has 0 saturated heterocycles. The molecule has 29 heavy (non-hydrogen) atoms. The Kier molecular flexibility index (Phi) is 4.56. The van der Waals surface area contributed by atoms with Crippen molar-refractivity contribution in [3.05, 3.63) is 81.0 Å². The zero-order valence-corrected chi connectivity index (χ0v) is 15.6. The number of rotatable bonds is 3. The molecule has 4 rings (SSSR count). The number of hydrogen-bond acceptors (Lipinski definition) is 6. The fraction of sp³-hybridized carbons (Fsp3) is 0.0455. The molecule has 3 aromatic carbocycles. The molecule has 146 valence electrons. The molecule has 0 fully saturated rings. The standard InChI is InChI=1S/C22H15ClO6/c23-13-3-1-11(2-4-13)5-12-6-16(25)17(26)9-15(12)20-10-19(28)22-18(27)7-14(24)8-21(22)29-20/h1-4,6-10,24-27H,5H2. The molecule has 0 radical (unpaired) electrons. The molecular weight excluding hydrogens is 396 g/mol.